The van der Waals surface area contributed by atoms with Crippen molar-refractivity contribution in [2.45, 2.75) is 53.9 Å². The van der Waals surface area contributed by atoms with Crippen molar-refractivity contribution < 1.29 is 23.6 Å². The number of quaternary nitrogens is 1. The fourth-order valence-electron chi connectivity index (χ4n) is 4.07. The lowest BCUT2D eigenvalue weighted by atomic mass is 9.62. The lowest BCUT2D eigenvalue weighted by molar-refractivity contribution is -0.844. The number of imide groups is 1. The SMILES string of the molecule is [CH2-][N+](C)(C)CCN1C(=O)C(C)(C)CC(C)(CC(C)(CC)C(=O)OC)C1=O. The highest BCUT2D eigenvalue weighted by molar-refractivity contribution is 6.03. The largest absolute Gasteiger partial charge is 0.469 e. The van der Waals surface area contributed by atoms with E-state index in [1.165, 1.54) is 12.0 Å². The molecule has 150 valence electrons. The van der Waals surface area contributed by atoms with Gasteiger partial charge in [0.1, 0.15) is 0 Å². The van der Waals surface area contributed by atoms with Gasteiger partial charge in [-0.25, -0.2) is 0 Å². The van der Waals surface area contributed by atoms with Crippen LogP contribution in [0.25, 0.3) is 0 Å². The molecule has 0 aliphatic carbocycles. The van der Waals surface area contributed by atoms with Gasteiger partial charge in [0, 0.05) is 24.9 Å². The third-order valence-electron chi connectivity index (χ3n) is 5.59. The highest BCUT2D eigenvalue weighted by Crippen LogP contribution is 2.49. The number of likely N-dealkylation sites (N-methyl/N-ethyl adjacent to an activating group) is 1. The number of likely N-dealkylation sites (tertiary alicyclic amines) is 1. The summed E-state index contributed by atoms with van der Waals surface area (Å²) in [6, 6.07) is 0. The first-order chi connectivity index (χ1) is 11.6. The van der Waals surface area contributed by atoms with E-state index in [-0.39, 0.29) is 17.8 Å². The Morgan fingerprint density at radius 3 is 2.23 bits per heavy atom. The summed E-state index contributed by atoms with van der Waals surface area (Å²) < 4.78 is 5.40. The summed E-state index contributed by atoms with van der Waals surface area (Å²) in [5.41, 5.74) is -2.22. The van der Waals surface area contributed by atoms with Crippen molar-refractivity contribution in [3.8, 4) is 0 Å². The Hall–Kier alpha value is -1.43. The predicted octanol–water partition coefficient (Wildman–Crippen LogP) is 2.63. The van der Waals surface area contributed by atoms with E-state index in [1.54, 1.807) is 0 Å². The van der Waals surface area contributed by atoms with Crippen LogP contribution >= 0.6 is 0 Å². The molecule has 1 rings (SSSR count). The zero-order valence-corrected chi connectivity index (χ0v) is 17.8. The third kappa shape index (κ3) is 4.64. The van der Waals surface area contributed by atoms with Gasteiger partial charge >= 0.3 is 5.97 Å². The van der Waals surface area contributed by atoms with E-state index in [4.69, 9.17) is 4.74 Å². The van der Waals surface area contributed by atoms with Crippen molar-refractivity contribution in [2.24, 2.45) is 16.2 Å². The summed E-state index contributed by atoms with van der Waals surface area (Å²) in [5, 5.41) is 0. The Morgan fingerprint density at radius 1 is 1.27 bits per heavy atom. The van der Waals surface area contributed by atoms with E-state index in [9.17, 15) is 14.4 Å². The second-order valence-electron chi connectivity index (χ2n) is 9.63. The summed E-state index contributed by atoms with van der Waals surface area (Å²) in [7, 11) is 9.23. The lowest BCUT2D eigenvalue weighted by Gasteiger charge is -2.48. The van der Waals surface area contributed by atoms with Crippen molar-refractivity contribution in [2.75, 3.05) is 34.3 Å². The maximum Gasteiger partial charge on any atom is 0.311 e. The van der Waals surface area contributed by atoms with Crippen molar-refractivity contribution in [3.63, 3.8) is 0 Å². The first-order valence-electron chi connectivity index (χ1n) is 9.24. The highest BCUT2D eigenvalue weighted by Gasteiger charge is 2.55. The molecule has 0 radical (unpaired) electrons. The van der Waals surface area contributed by atoms with Crippen LogP contribution in [0.1, 0.15) is 53.9 Å². The summed E-state index contributed by atoms with van der Waals surface area (Å²) in [4.78, 5) is 39.9. The number of ether oxygens (including phenoxy) is 1. The minimum Gasteiger partial charge on any atom is -0.469 e. The molecule has 6 nitrogen and oxygen atoms in total. The number of hydrogen-bond acceptors (Lipinski definition) is 4. The van der Waals surface area contributed by atoms with E-state index in [1.807, 2.05) is 48.7 Å². The van der Waals surface area contributed by atoms with Crippen molar-refractivity contribution in [1.29, 1.82) is 0 Å². The summed E-state index contributed by atoms with van der Waals surface area (Å²) in [6.45, 7) is 10.3. The van der Waals surface area contributed by atoms with Crippen LogP contribution in [0, 0.1) is 23.3 Å². The maximum atomic E-state index is 13.3. The van der Waals surface area contributed by atoms with Crippen molar-refractivity contribution >= 4 is 17.8 Å². The van der Waals surface area contributed by atoms with Gasteiger partial charge in [-0.15, -0.1) is 7.05 Å². The monoisotopic (exact) mass is 368 g/mol. The topological polar surface area (TPSA) is 63.7 Å². The van der Waals surface area contributed by atoms with Gasteiger partial charge in [0.2, 0.25) is 11.8 Å². The van der Waals surface area contributed by atoms with Crippen LogP contribution in [-0.4, -0.2) is 61.5 Å². The van der Waals surface area contributed by atoms with Crippen LogP contribution < -0.4 is 0 Å². The van der Waals surface area contributed by atoms with Crippen molar-refractivity contribution in [1.82, 2.24) is 4.90 Å². The number of methoxy groups -OCH3 is 1. The van der Waals surface area contributed by atoms with Gasteiger partial charge < -0.3 is 9.22 Å². The molecule has 6 heteroatoms. The maximum absolute atomic E-state index is 13.3. The molecule has 0 aromatic rings. The molecule has 2 atom stereocenters. The quantitative estimate of drug-likeness (QED) is 0.300. The van der Waals surface area contributed by atoms with E-state index in [0.717, 1.165) is 0 Å². The highest BCUT2D eigenvalue weighted by atomic mass is 16.5. The molecule has 0 spiro atoms. The van der Waals surface area contributed by atoms with E-state index >= 15 is 0 Å². The molecule has 0 bridgehead atoms. The molecule has 1 saturated heterocycles. The number of hydrogen-bond donors (Lipinski definition) is 0. The van der Waals surface area contributed by atoms with E-state index in [0.29, 0.717) is 36.8 Å². The molecule has 0 aromatic carbocycles. The molecule has 0 aromatic heterocycles. The predicted molar refractivity (Wildman–Crippen MR) is 101 cm³/mol. The molecule has 2 amide bonds. The number of nitrogens with zero attached hydrogens (tertiary/aromatic N) is 2. The molecule has 26 heavy (non-hydrogen) atoms. The molecule has 1 aliphatic rings. The van der Waals surface area contributed by atoms with Gasteiger partial charge in [0.15, 0.2) is 0 Å². The lowest BCUT2D eigenvalue weighted by Crippen LogP contribution is -2.60. The Bertz CT molecular complexity index is 579. The molecule has 1 aliphatic heterocycles. The van der Waals surface area contributed by atoms with Crippen LogP contribution in [0.5, 0.6) is 0 Å². The molecule has 1 heterocycles. The fourth-order valence-corrected chi connectivity index (χ4v) is 4.07. The molecule has 0 N–H and O–H groups in total. The van der Waals surface area contributed by atoms with E-state index < -0.39 is 16.2 Å². The van der Waals surface area contributed by atoms with Crippen LogP contribution in [0.2, 0.25) is 0 Å². The summed E-state index contributed by atoms with van der Waals surface area (Å²) in [5.74, 6) is -0.658. The smallest absolute Gasteiger partial charge is 0.311 e. The van der Waals surface area contributed by atoms with Gasteiger partial charge in [-0.05, 0) is 26.2 Å². The zero-order chi connectivity index (χ0) is 20.6. The average molecular weight is 369 g/mol. The van der Waals surface area contributed by atoms with E-state index in [2.05, 4.69) is 7.05 Å². The molecule has 1 fully saturated rings. The van der Waals surface area contributed by atoms with Gasteiger partial charge in [0.25, 0.3) is 0 Å². The average Bonchev–Trinajstić information content (AvgIpc) is 2.50. The second-order valence-corrected chi connectivity index (χ2v) is 9.63. The minimum absolute atomic E-state index is 0.148. The second kappa shape index (κ2) is 7.29. The standard InChI is InChI=1S/C20H36N2O4/c1-10-19(4,17(25)26-9)14-20(5)13-18(2,3)15(23)21(16(20)24)11-12-22(6,7)8/h6,10-14H2,1-5,7-9H3. The van der Waals surface area contributed by atoms with Gasteiger partial charge in [-0.1, -0.05) is 27.7 Å². The number of rotatable bonds is 7. The first kappa shape index (κ1) is 22.6. The Kier molecular flexibility index (Phi) is 6.34. The van der Waals surface area contributed by atoms with Gasteiger partial charge in [0.05, 0.1) is 25.6 Å². The van der Waals surface area contributed by atoms with Gasteiger partial charge in [-0.2, -0.15) is 0 Å². The fraction of sp³-hybridized carbons (Fsp3) is 0.800. The minimum atomic E-state index is -0.797. The summed E-state index contributed by atoms with van der Waals surface area (Å²) >= 11 is 0. The number of esters is 1. The normalized spacial score (nSPS) is 25.8. The van der Waals surface area contributed by atoms with Crippen LogP contribution in [0.3, 0.4) is 0 Å². The molecule has 0 saturated carbocycles. The zero-order valence-electron chi connectivity index (χ0n) is 17.8. The number of piperidine rings is 1. The third-order valence-corrected chi connectivity index (χ3v) is 5.59. The van der Waals surface area contributed by atoms with Gasteiger partial charge in [-0.3, -0.25) is 19.3 Å². The Balaban J connectivity index is 3.22. The summed E-state index contributed by atoms with van der Waals surface area (Å²) in [6.07, 6.45) is 1.35. The van der Waals surface area contributed by atoms with Crippen LogP contribution in [0.4, 0.5) is 0 Å². The first-order valence-corrected chi connectivity index (χ1v) is 9.24. The van der Waals surface area contributed by atoms with Crippen LogP contribution in [0.15, 0.2) is 0 Å². The number of carbonyl (C=O) groups excluding carboxylic acids is 3. The molecule has 2 unspecified atom stereocenters. The molecular formula is C20H36N2O4. The number of amides is 2. The molecular weight excluding hydrogens is 332 g/mol. The Morgan fingerprint density at radius 2 is 1.81 bits per heavy atom. The van der Waals surface area contributed by atoms with Crippen molar-refractivity contribution in [3.05, 3.63) is 7.05 Å². The number of carbonyl (C=O) groups is 3. The van der Waals surface area contributed by atoms with Crippen LogP contribution in [-0.2, 0) is 19.1 Å². The Labute approximate surface area is 158 Å².